The molecule has 0 unspecified atom stereocenters. The second-order valence-corrected chi connectivity index (χ2v) is 5.44. The lowest BCUT2D eigenvalue weighted by atomic mass is 9.86. The molecule has 0 fully saturated rings. The van der Waals surface area contributed by atoms with Crippen LogP contribution in [0.2, 0.25) is 0 Å². The molecule has 0 atom stereocenters. The highest BCUT2D eigenvalue weighted by Crippen LogP contribution is 2.43. The van der Waals surface area contributed by atoms with Gasteiger partial charge in [0.1, 0.15) is 5.75 Å². The zero-order chi connectivity index (χ0) is 11.9. The van der Waals surface area contributed by atoms with Crippen LogP contribution < -0.4 is 10.1 Å². The van der Waals surface area contributed by atoms with E-state index in [2.05, 4.69) is 35.1 Å². The first kappa shape index (κ1) is 11.5. The van der Waals surface area contributed by atoms with Gasteiger partial charge in [-0.2, -0.15) is 0 Å². The Hall–Kier alpha value is -1.03. The molecular weight excluding hydrogens is 270 g/mol. The minimum absolute atomic E-state index is 0.0398. The van der Waals surface area contributed by atoms with Gasteiger partial charge >= 0.3 is 0 Å². The van der Waals surface area contributed by atoms with Crippen molar-refractivity contribution in [2.45, 2.75) is 19.3 Å². The number of fused-ring (bicyclic) bond motifs is 1. The van der Waals surface area contributed by atoms with Gasteiger partial charge in [0.15, 0.2) is 0 Å². The highest BCUT2D eigenvalue weighted by Gasteiger charge is 2.34. The molecule has 1 N–H and O–H groups in total. The summed E-state index contributed by atoms with van der Waals surface area (Å²) in [6.07, 6.45) is 0. The van der Waals surface area contributed by atoms with E-state index in [9.17, 15) is 4.79 Å². The van der Waals surface area contributed by atoms with Gasteiger partial charge in [0.2, 0.25) is 0 Å². The summed E-state index contributed by atoms with van der Waals surface area (Å²) in [5.41, 5.74) is 1.70. The number of amides is 1. The van der Waals surface area contributed by atoms with Gasteiger partial charge in [-0.1, -0.05) is 13.8 Å². The second-order valence-electron chi connectivity index (χ2n) is 4.59. The van der Waals surface area contributed by atoms with E-state index in [1.165, 1.54) is 0 Å². The van der Waals surface area contributed by atoms with E-state index in [0.717, 1.165) is 15.8 Å². The van der Waals surface area contributed by atoms with Crippen LogP contribution in [0.5, 0.6) is 5.75 Å². The Balaban J connectivity index is 2.57. The minimum atomic E-state index is -0.0776. The second kappa shape index (κ2) is 3.77. The van der Waals surface area contributed by atoms with Gasteiger partial charge in [0.05, 0.1) is 11.1 Å². The minimum Gasteiger partial charge on any atom is -0.491 e. The fourth-order valence-electron chi connectivity index (χ4n) is 1.85. The summed E-state index contributed by atoms with van der Waals surface area (Å²) in [6.45, 7) is 4.87. The maximum atomic E-state index is 11.6. The molecule has 1 aromatic carbocycles. The van der Waals surface area contributed by atoms with Crippen LogP contribution in [0.25, 0.3) is 0 Å². The van der Waals surface area contributed by atoms with E-state index in [1.807, 2.05) is 6.07 Å². The molecule has 0 saturated heterocycles. The molecule has 1 amide bonds. The lowest BCUT2D eigenvalue weighted by Gasteiger charge is -2.15. The molecule has 4 heteroatoms. The van der Waals surface area contributed by atoms with Crippen LogP contribution in [0.4, 0.5) is 0 Å². The van der Waals surface area contributed by atoms with Gasteiger partial charge in [0.25, 0.3) is 5.91 Å². The van der Waals surface area contributed by atoms with Crippen molar-refractivity contribution in [3.63, 3.8) is 0 Å². The molecule has 0 radical (unpaired) electrons. The number of carbonyl (C=O) groups excluding carboxylic acids is 1. The van der Waals surface area contributed by atoms with Gasteiger partial charge in [0, 0.05) is 23.6 Å². The van der Waals surface area contributed by atoms with Crippen molar-refractivity contribution in [1.29, 1.82) is 0 Å². The number of ether oxygens (including phenoxy) is 1. The molecule has 0 saturated carbocycles. The first-order chi connectivity index (χ1) is 7.45. The van der Waals surface area contributed by atoms with E-state index >= 15 is 0 Å². The molecule has 86 valence electrons. The van der Waals surface area contributed by atoms with E-state index in [1.54, 1.807) is 13.1 Å². The first-order valence-electron chi connectivity index (χ1n) is 5.14. The summed E-state index contributed by atoms with van der Waals surface area (Å²) >= 11 is 3.44. The molecule has 0 bridgehead atoms. The summed E-state index contributed by atoms with van der Waals surface area (Å²) in [5.74, 6) is 0.781. The van der Waals surface area contributed by atoms with Gasteiger partial charge in [-0.15, -0.1) is 0 Å². The van der Waals surface area contributed by atoms with Crippen molar-refractivity contribution in [3.8, 4) is 5.75 Å². The smallest absolute Gasteiger partial charge is 0.251 e. The fourth-order valence-corrected chi connectivity index (χ4v) is 2.42. The standard InChI is InChI=1S/C12H14BrNO2/c1-12(2)6-16-10-8(12)4-7(5-9(10)13)11(15)14-3/h4-5H,6H2,1-3H3,(H,14,15). The average molecular weight is 284 g/mol. The Kier molecular flexibility index (Phi) is 2.70. The molecule has 0 aromatic heterocycles. The van der Waals surface area contributed by atoms with Gasteiger partial charge in [-0.3, -0.25) is 4.79 Å². The Morgan fingerprint density at radius 1 is 1.50 bits per heavy atom. The zero-order valence-corrected chi connectivity index (χ0v) is 11.1. The van der Waals surface area contributed by atoms with Crippen molar-refractivity contribution in [3.05, 3.63) is 27.7 Å². The zero-order valence-electron chi connectivity index (χ0n) is 9.56. The molecule has 2 rings (SSSR count). The number of halogens is 1. The Bertz CT molecular complexity index is 455. The van der Waals surface area contributed by atoms with Gasteiger partial charge in [-0.25, -0.2) is 0 Å². The molecular formula is C12H14BrNO2. The normalized spacial score (nSPS) is 16.5. The topological polar surface area (TPSA) is 38.3 Å². The largest absolute Gasteiger partial charge is 0.491 e. The quantitative estimate of drug-likeness (QED) is 0.860. The van der Waals surface area contributed by atoms with Crippen LogP contribution in [0.3, 0.4) is 0 Å². The number of carbonyl (C=O) groups is 1. The molecule has 0 aliphatic carbocycles. The number of nitrogens with one attached hydrogen (secondary N) is 1. The maximum absolute atomic E-state index is 11.6. The number of rotatable bonds is 1. The third-order valence-corrected chi connectivity index (χ3v) is 3.43. The van der Waals surface area contributed by atoms with Crippen LogP contribution in [-0.2, 0) is 5.41 Å². The summed E-state index contributed by atoms with van der Waals surface area (Å²) < 4.78 is 6.48. The summed E-state index contributed by atoms with van der Waals surface area (Å²) in [4.78, 5) is 11.6. The van der Waals surface area contributed by atoms with Crippen LogP contribution >= 0.6 is 15.9 Å². The molecule has 1 heterocycles. The fraction of sp³-hybridized carbons (Fsp3) is 0.417. The number of hydrogen-bond acceptors (Lipinski definition) is 2. The number of benzene rings is 1. The summed E-state index contributed by atoms with van der Waals surface area (Å²) in [6, 6.07) is 3.70. The van der Waals surface area contributed by atoms with E-state index in [0.29, 0.717) is 12.2 Å². The predicted octanol–water partition coefficient (Wildman–Crippen LogP) is 2.48. The summed E-state index contributed by atoms with van der Waals surface area (Å²) in [7, 11) is 1.63. The molecule has 1 aliphatic rings. The van der Waals surface area contributed by atoms with Crippen molar-refractivity contribution >= 4 is 21.8 Å². The van der Waals surface area contributed by atoms with Crippen LogP contribution in [0.1, 0.15) is 29.8 Å². The highest BCUT2D eigenvalue weighted by molar-refractivity contribution is 9.10. The lowest BCUT2D eigenvalue weighted by molar-refractivity contribution is 0.0963. The van der Waals surface area contributed by atoms with Crippen molar-refractivity contribution in [2.75, 3.05) is 13.7 Å². The van der Waals surface area contributed by atoms with E-state index < -0.39 is 0 Å². The van der Waals surface area contributed by atoms with E-state index in [4.69, 9.17) is 4.74 Å². The third-order valence-electron chi connectivity index (χ3n) is 2.84. The summed E-state index contributed by atoms with van der Waals surface area (Å²) in [5, 5.41) is 2.63. The Labute approximate surface area is 103 Å². The van der Waals surface area contributed by atoms with Crippen LogP contribution in [0.15, 0.2) is 16.6 Å². The average Bonchev–Trinajstić information content (AvgIpc) is 2.54. The van der Waals surface area contributed by atoms with Crippen molar-refractivity contribution < 1.29 is 9.53 Å². The monoisotopic (exact) mass is 283 g/mol. The lowest BCUT2D eigenvalue weighted by Crippen LogP contribution is -2.20. The van der Waals surface area contributed by atoms with Crippen molar-refractivity contribution in [1.82, 2.24) is 5.32 Å². The SMILES string of the molecule is CNC(=O)c1cc(Br)c2c(c1)C(C)(C)CO2. The first-order valence-corrected chi connectivity index (χ1v) is 5.94. The molecule has 3 nitrogen and oxygen atoms in total. The molecule has 1 aliphatic heterocycles. The predicted molar refractivity (Wildman–Crippen MR) is 66.1 cm³/mol. The molecule has 0 spiro atoms. The van der Waals surface area contributed by atoms with Gasteiger partial charge < -0.3 is 10.1 Å². The maximum Gasteiger partial charge on any atom is 0.251 e. The van der Waals surface area contributed by atoms with Gasteiger partial charge in [-0.05, 0) is 28.1 Å². The molecule has 1 aromatic rings. The Morgan fingerprint density at radius 3 is 2.81 bits per heavy atom. The van der Waals surface area contributed by atoms with Crippen LogP contribution in [-0.4, -0.2) is 19.6 Å². The van der Waals surface area contributed by atoms with Crippen molar-refractivity contribution in [2.24, 2.45) is 0 Å². The number of hydrogen-bond donors (Lipinski definition) is 1. The van der Waals surface area contributed by atoms with E-state index in [-0.39, 0.29) is 11.3 Å². The molecule has 16 heavy (non-hydrogen) atoms. The highest BCUT2D eigenvalue weighted by atomic mass is 79.9. The van der Waals surface area contributed by atoms with Crippen LogP contribution in [0, 0.1) is 0 Å². The Morgan fingerprint density at radius 2 is 2.19 bits per heavy atom. The third kappa shape index (κ3) is 1.71.